The molecule has 1 aliphatic heterocycles. The van der Waals surface area contributed by atoms with Crippen molar-refractivity contribution in [3.8, 4) is 0 Å². The summed E-state index contributed by atoms with van der Waals surface area (Å²) in [4.78, 5) is 27.8. The zero-order valence-corrected chi connectivity index (χ0v) is 9.80. The number of benzene rings is 1. The van der Waals surface area contributed by atoms with Crippen LogP contribution in [0, 0.1) is 13.8 Å². The third kappa shape index (κ3) is 6.04. The quantitative estimate of drug-likeness (QED) is 0.506. The van der Waals surface area contributed by atoms with Crippen molar-refractivity contribution in [3.63, 3.8) is 0 Å². The number of rotatable bonds is 0. The van der Waals surface area contributed by atoms with Crippen molar-refractivity contribution in [2.24, 2.45) is 0 Å². The van der Waals surface area contributed by atoms with E-state index in [0.29, 0.717) is 0 Å². The van der Waals surface area contributed by atoms with Gasteiger partial charge in [-0.05, 0) is 25.0 Å². The molecule has 2 rings (SSSR count). The largest absolute Gasteiger partial charge is 0.387 e. The van der Waals surface area contributed by atoms with Gasteiger partial charge in [0.2, 0.25) is 0 Å². The molecule has 0 spiro atoms. The molecule has 0 aliphatic carbocycles. The second-order valence-electron chi connectivity index (χ2n) is 3.16. The maximum atomic E-state index is 9.92. The van der Waals surface area contributed by atoms with Crippen LogP contribution in [0.15, 0.2) is 36.4 Å². The van der Waals surface area contributed by atoms with Gasteiger partial charge in [-0.25, -0.2) is 9.59 Å². The molecule has 0 bridgehead atoms. The van der Waals surface area contributed by atoms with Gasteiger partial charge in [-0.3, -0.25) is 0 Å². The van der Waals surface area contributed by atoms with Crippen molar-refractivity contribution >= 4 is 18.7 Å². The topological polar surface area (TPSA) is 60.4 Å². The lowest BCUT2D eigenvalue weighted by atomic mass is 10.1. The molecular weight excluding hydrogens is 220 g/mol. The number of carbonyl (C=O) groups is 3. The van der Waals surface area contributed by atoms with E-state index in [9.17, 15) is 9.59 Å². The van der Waals surface area contributed by atoms with Crippen LogP contribution >= 0.6 is 0 Å². The highest BCUT2D eigenvalue weighted by Gasteiger charge is 2.10. The highest BCUT2D eigenvalue weighted by molar-refractivity contribution is 6.04. The van der Waals surface area contributed by atoms with E-state index >= 15 is 0 Å². The first-order chi connectivity index (χ1) is 8.09. The summed E-state index contributed by atoms with van der Waals surface area (Å²) >= 11 is 0. The van der Waals surface area contributed by atoms with Crippen molar-refractivity contribution in [1.82, 2.24) is 0 Å². The lowest BCUT2D eigenvalue weighted by Crippen LogP contribution is -1.96. The van der Waals surface area contributed by atoms with Crippen LogP contribution in [-0.2, 0) is 19.1 Å². The number of aryl methyl sites for hydroxylation is 2. The Morgan fingerprint density at radius 1 is 0.882 bits per heavy atom. The van der Waals surface area contributed by atoms with Crippen LogP contribution in [0.25, 0.3) is 0 Å². The summed E-state index contributed by atoms with van der Waals surface area (Å²) < 4.78 is 3.97. The predicted molar refractivity (Wildman–Crippen MR) is 63.3 cm³/mol. The molecule has 0 amide bonds. The van der Waals surface area contributed by atoms with Gasteiger partial charge >= 0.3 is 11.9 Å². The molecule has 0 saturated carbocycles. The molecule has 1 aliphatic rings. The van der Waals surface area contributed by atoms with Gasteiger partial charge in [0.15, 0.2) is 0 Å². The van der Waals surface area contributed by atoms with Crippen LogP contribution in [0.5, 0.6) is 0 Å². The molecule has 0 aromatic heterocycles. The third-order valence-electron chi connectivity index (χ3n) is 1.98. The zero-order chi connectivity index (χ0) is 13.3. The van der Waals surface area contributed by atoms with Gasteiger partial charge in [-0.15, -0.1) is 0 Å². The maximum Gasteiger partial charge on any atom is 0.338 e. The minimum absolute atomic E-state index is 0.579. The van der Waals surface area contributed by atoms with E-state index in [1.54, 1.807) is 0 Å². The van der Waals surface area contributed by atoms with Crippen molar-refractivity contribution < 1.29 is 19.1 Å². The van der Waals surface area contributed by atoms with Crippen molar-refractivity contribution in [2.75, 3.05) is 0 Å². The SMILES string of the molecule is C=O.Cc1ccccc1C.O=C1C=CC(=O)O1. The molecular formula is C13H14O4. The fourth-order valence-corrected chi connectivity index (χ4v) is 0.966. The first-order valence-corrected chi connectivity index (χ1v) is 4.84. The summed E-state index contributed by atoms with van der Waals surface area (Å²) in [7, 11) is 0. The Hall–Kier alpha value is -2.23. The van der Waals surface area contributed by atoms with Crippen molar-refractivity contribution in [1.29, 1.82) is 0 Å². The monoisotopic (exact) mass is 234 g/mol. The summed E-state index contributed by atoms with van der Waals surface area (Å²) in [6.07, 6.45) is 2.17. The van der Waals surface area contributed by atoms with Crippen LogP contribution < -0.4 is 0 Å². The molecule has 0 saturated heterocycles. The molecule has 1 heterocycles. The van der Waals surface area contributed by atoms with Gasteiger partial charge in [-0.1, -0.05) is 24.3 Å². The Labute approximate surface area is 99.9 Å². The Bertz CT molecular complexity index is 384. The number of cyclic esters (lactones) is 2. The van der Waals surface area contributed by atoms with Crippen LogP contribution in [0.3, 0.4) is 0 Å². The fraction of sp³-hybridized carbons (Fsp3) is 0.154. The minimum atomic E-state index is -0.579. The van der Waals surface area contributed by atoms with E-state index in [2.05, 4.69) is 42.8 Å². The molecule has 4 nitrogen and oxygen atoms in total. The average molecular weight is 234 g/mol. The summed E-state index contributed by atoms with van der Waals surface area (Å²) in [5.74, 6) is -1.16. The number of hydrogen-bond acceptors (Lipinski definition) is 4. The number of hydrogen-bond donors (Lipinski definition) is 0. The normalized spacial score (nSPS) is 11.9. The van der Waals surface area contributed by atoms with E-state index < -0.39 is 11.9 Å². The second kappa shape index (κ2) is 7.98. The van der Waals surface area contributed by atoms with Crippen molar-refractivity contribution in [3.05, 3.63) is 47.5 Å². The molecule has 90 valence electrons. The number of esters is 2. The van der Waals surface area contributed by atoms with Gasteiger partial charge in [-0.2, -0.15) is 0 Å². The van der Waals surface area contributed by atoms with Crippen LogP contribution in [0.1, 0.15) is 11.1 Å². The standard InChI is InChI=1S/C8H10.C4H2O3.CH2O/c1-7-5-3-4-6-8(7)2;5-3-1-2-4(6)7-3;1-2/h3-6H,1-2H3;1-2H;1H2. The summed E-state index contributed by atoms with van der Waals surface area (Å²) in [5, 5.41) is 0. The third-order valence-corrected chi connectivity index (χ3v) is 1.98. The highest BCUT2D eigenvalue weighted by atomic mass is 16.6. The smallest absolute Gasteiger partial charge is 0.338 e. The lowest BCUT2D eigenvalue weighted by Gasteiger charge is -1.93. The molecule has 0 atom stereocenters. The van der Waals surface area contributed by atoms with Crippen LogP contribution in [-0.4, -0.2) is 18.7 Å². The molecule has 0 fully saturated rings. The van der Waals surface area contributed by atoms with Gasteiger partial charge < -0.3 is 9.53 Å². The summed E-state index contributed by atoms with van der Waals surface area (Å²) in [5.41, 5.74) is 2.74. The van der Waals surface area contributed by atoms with Crippen molar-refractivity contribution in [2.45, 2.75) is 13.8 Å². The van der Waals surface area contributed by atoms with E-state index in [0.717, 1.165) is 12.2 Å². The number of carbonyl (C=O) groups excluding carboxylic acids is 3. The first-order valence-electron chi connectivity index (χ1n) is 4.84. The maximum absolute atomic E-state index is 9.92. The van der Waals surface area contributed by atoms with Gasteiger partial charge in [0, 0.05) is 12.2 Å². The summed E-state index contributed by atoms with van der Waals surface area (Å²) in [6, 6.07) is 8.36. The molecule has 0 N–H and O–H groups in total. The van der Waals surface area contributed by atoms with Gasteiger partial charge in [0.05, 0.1) is 0 Å². The number of ether oxygens (including phenoxy) is 1. The fourth-order valence-electron chi connectivity index (χ4n) is 0.966. The van der Waals surface area contributed by atoms with E-state index in [1.807, 2.05) is 6.79 Å². The van der Waals surface area contributed by atoms with E-state index in [4.69, 9.17) is 4.79 Å². The van der Waals surface area contributed by atoms with E-state index in [-0.39, 0.29) is 0 Å². The average Bonchev–Trinajstić information content (AvgIpc) is 2.70. The first kappa shape index (κ1) is 14.8. The molecule has 1 aromatic rings. The van der Waals surface area contributed by atoms with Gasteiger partial charge in [0.1, 0.15) is 6.79 Å². The lowest BCUT2D eigenvalue weighted by molar-refractivity contribution is -0.150. The Morgan fingerprint density at radius 2 is 1.24 bits per heavy atom. The highest BCUT2D eigenvalue weighted by Crippen LogP contribution is 2.02. The molecule has 0 unspecified atom stereocenters. The molecule has 17 heavy (non-hydrogen) atoms. The van der Waals surface area contributed by atoms with Crippen LogP contribution in [0.4, 0.5) is 0 Å². The Balaban J connectivity index is 0.000000265. The predicted octanol–water partition coefficient (Wildman–Crippen LogP) is 1.74. The Kier molecular flexibility index (Phi) is 6.94. The van der Waals surface area contributed by atoms with E-state index in [1.165, 1.54) is 11.1 Å². The van der Waals surface area contributed by atoms with Crippen LogP contribution in [0.2, 0.25) is 0 Å². The second-order valence-corrected chi connectivity index (χ2v) is 3.16. The molecule has 4 heteroatoms. The Morgan fingerprint density at radius 3 is 1.41 bits per heavy atom. The zero-order valence-electron chi connectivity index (χ0n) is 9.80. The minimum Gasteiger partial charge on any atom is -0.387 e. The van der Waals surface area contributed by atoms with Gasteiger partial charge in [0.25, 0.3) is 0 Å². The molecule has 0 radical (unpaired) electrons. The molecule has 1 aromatic carbocycles. The summed E-state index contributed by atoms with van der Waals surface area (Å²) in [6.45, 7) is 6.24.